The van der Waals surface area contributed by atoms with E-state index in [4.69, 9.17) is 5.26 Å². The zero-order chi connectivity index (χ0) is 16.7. The number of nitriles is 1. The van der Waals surface area contributed by atoms with E-state index in [1.165, 1.54) is 0 Å². The predicted molar refractivity (Wildman–Crippen MR) is 92.9 cm³/mol. The van der Waals surface area contributed by atoms with Crippen molar-refractivity contribution in [2.45, 2.75) is 13.3 Å². The summed E-state index contributed by atoms with van der Waals surface area (Å²) in [7, 11) is 4.11. The number of benzene rings is 1. The maximum atomic E-state index is 8.96. The van der Waals surface area contributed by atoms with Crippen LogP contribution in [-0.4, -0.2) is 42.1 Å². The maximum absolute atomic E-state index is 8.96. The fraction of sp³-hybridized carbons (Fsp3) is 0.353. The molecule has 0 radical (unpaired) electrons. The summed E-state index contributed by atoms with van der Waals surface area (Å²) in [5.41, 5.74) is 2.33. The first-order valence-corrected chi connectivity index (χ1v) is 7.58. The van der Waals surface area contributed by atoms with Crippen molar-refractivity contribution in [1.82, 2.24) is 14.9 Å². The Hall–Kier alpha value is -2.65. The Balaban J connectivity index is 2.03. The molecule has 0 aliphatic carbocycles. The second-order valence-corrected chi connectivity index (χ2v) is 5.62. The van der Waals surface area contributed by atoms with Gasteiger partial charge in [-0.1, -0.05) is 6.07 Å². The molecule has 2 N–H and O–H groups in total. The van der Waals surface area contributed by atoms with Crippen LogP contribution in [0.5, 0.6) is 0 Å². The highest BCUT2D eigenvalue weighted by Crippen LogP contribution is 2.17. The van der Waals surface area contributed by atoms with Gasteiger partial charge in [0, 0.05) is 24.0 Å². The van der Waals surface area contributed by atoms with E-state index in [0.29, 0.717) is 17.3 Å². The molecule has 0 saturated carbocycles. The molecule has 120 valence electrons. The molecule has 1 aromatic heterocycles. The highest BCUT2D eigenvalue weighted by atomic mass is 15.1. The largest absolute Gasteiger partial charge is 0.354 e. The van der Waals surface area contributed by atoms with Crippen LogP contribution in [0.15, 0.2) is 30.3 Å². The standard InChI is InChI=1S/C17H22N6/c1-13-10-16(21-15-7-4-6-14(11-15)12-18)22-17(20-13)19-8-5-9-23(2)3/h4,6-7,10-11H,5,8-9H2,1-3H3,(H2,19,20,21,22). The lowest BCUT2D eigenvalue weighted by molar-refractivity contribution is 0.405. The van der Waals surface area contributed by atoms with Crippen molar-refractivity contribution in [2.75, 3.05) is 37.8 Å². The molecular formula is C17H22N6. The molecule has 2 aromatic rings. The fourth-order valence-corrected chi connectivity index (χ4v) is 2.12. The molecule has 0 unspecified atom stereocenters. The fourth-order valence-electron chi connectivity index (χ4n) is 2.12. The average Bonchev–Trinajstić information content (AvgIpc) is 2.51. The SMILES string of the molecule is Cc1cc(Nc2cccc(C#N)c2)nc(NCCCN(C)C)n1. The minimum absolute atomic E-state index is 0.614. The van der Waals surface area contributed by atoms with Crippen molar-refractivity contribution < 1.29 is 0 Å². The van der Waals surface area contributed by atoms with Gasteiger partial charge in [0.25, 0.3) is 0 Å². The molecule has 6 heteroatoms. The van der Waals surface area contributed by atoms with E-state index in [9.17, 15) is 0 Å². The number of aromatic nitrogens is 2. The van der Waals surface area contributed by atoms with Crippen LogP contribution in [0.2, 0.25) is 0 Å². The third-order valence-electron chi connectivity index (χ3n) is 3.18. The van der Waals surface area contributed by atoms with Crippen molar-refractivity contribution in [3.8, 4) is 6.07 Å². The van der Waals surface area contributed by atoms with E-state index in [1.807, 2.05) is 25.1 Å². The summed E-state index contributed by atoms with van der Waals surface area (Å²) >= 11 is 0. The van der Waals surface area contributed by atoms with Gasteiger partial charge in [0.05, 0.1) is 11.6 Å². The number of nitrogens with zero attached hydrogens (tertiary/aromatic N) is 4. The number of anilines is 3. The van der Waals surface area contributed by atoms with Crippen molar-refractivity contribution in [3.05, 3.63) is 41.6 Å². The smallest absolute Gasteiger partial charge is 0.224 e. The Bertz CT molecular complexity index is 690. The molecular weight excluding hydrogens is 288 g/mol. The van der Waals surface area contributed by atoms with Gasteiger partial charge in [-0.05, 0) is 52.2 Å². The van der Waals surface area contributed by atoms with Gasteiger partial charge in [0.2, 0.25) is 5.95 Å². The third kappa shape index (κ3) is 5.57. The van der Waals surface area contributed by atoms with Gasteiger partial charge >= 0.3 is 0 Å². The highest BCUT2D eigenvalue weighted by molar-refractivity contribution is 5.59. The molecule has 0 aliphatic heterocycles. The molecule has 1 heterocycles. The van der Waals surface area contributed by atoms with E-state index >= 15 is 0 Å². The van der Waals surface area contributed by atoms with Crippen LogP contribution in [0.1, 0.15) is 17.7 Å². The first-order chi connectivity index (χ1) is 11.1. The second kappa shape index (κ2) is 8.11. The van der Waals surface area contributed by atoms with Gasteiger partial charge < -0.3 is 15.5 Å². The lowest BCUT2D eigenvalue weighted by atomic mass is 10.2. The van der Waals surface area contributed by atoms with Crippen LogP contribution in [0, 0.1) is 18.3 Å². The summed E-state index contributed by atoms with van der Waals surface area (Å²) in [5.74, 6) is 1.32. The minimum atomic E-state index is 0.614. The van der Waals surface area contributed by atoms with Gasteiger partial charge in [0.15, 0.2) is 0 Å². The number of hydrogen-bond acceptors (Lipinski definition) is 6. The second-order valence-electron chi connectivity index (χ2n) is 5.62. The summed E-state index contributed by atoms with van der Waals surface area (Å²) in [6.45, 7) is 3.78. The van der Waals surface area contributed by atoms with Crippen molar-refractivity contribution in [2.24, 2.45) is 0 Å². The van der Waals surface area contributed by atoms with Crippen LogP contribution in [0.3, 0.4) is 0 Å². The van der Waals surface area contributed by atoms with E-state index in [1.54, 1.807) is 12.1 Å². The van der Waals surface area contributed by atoms with Gasteiger partial charge in [-0.15, -0.1) is 0 Å². The van der Waals surface area contributed by atoms with E-state index in [2.05, 4.69) is 45.7 Å². The number of hydrogen-bond donors (Lipinski definition) is 2. The van der Waals surface area contributed by atoms with Crippen LogP contribution < -0.4 is 10.6 Å². The molecule has 0 saturated heterocycles. The Morgan fingerprint density at radius 2 is 2.04 bits per heavy atom. The van der Waals surface area contributed by atoms with Crippen LogP contribution in [-0.2, 0) is 0 Å². The Kier molecular flexibility index (Phi) is 5.89. The number of aryl methyl sites for hydroxylation is 1. The zero-order valence-corrected chi connectivity index (χ0v) is 13.8. The molecule has 0 fully saturated rings. The molecule has 0 amide bonds. The molecule has 1 aromatic carbocycles. The van der Waals surface area contributed by atoms with Crippen LogP contribution in [0.4, 0.5) is 17.5 Å². The molecule has 0 aliphatic rings. The lowest BCUT2D eigenvalue weighted by Crippen LogP contribution is -2.17. The predicted octanol–water partition coefficient (Wildman–Crippen LogP) is 2.76. The van der Waals surface area contributed by atoms with E-state index in [-0.39, 0.29) is 0 Å². The molecule has 0 spiro atoms. The van der Waals surface area contributed by atoms with Gasteiger partial charge in [-0.3, -0.25) is 0 Å². The highest BCUT2D eigenvalue weighted by Gasteiger charge is 2.03. The Morgan fingerprint density at radius 3 is 2.78 bits per heavy atom. The van der Waals surface area contributed by atoms with Gasteiger partial charge in [-0.25, -0.2) is 4.98 Å². The third-order valence-corrected chi connectivity index (χ3v) is 3.18. The molecule has 0 atom stereocenters. The normalized spacial score (nSPS) is 10.4. The Labute approximate surface area is 137 Å². The quantitative estimate of drug-likeness (QED) is 0.766. The molecule has 2 rings (SSSR count). The minimum Gasteiger partial charge on any atom is -0.354 e. The molecule has 6 nitrogen and oxygen atoms in total. The number of nitrogens with one attached hydrogen (secondary N) is 2. The Morgan fingerprint density at radius 1 is 1.22 bits per heavy atom. The summed E-state index contributed by atoms with van der Waals surface area (Å²) < 4.78 is 0. The summed E-state index contributed by atoms with van der Waals surface area (Å²) in [5, 5.41) is 15.4. The van der Waals surface area contributed by atoms with Crippen LogP contribution >= 0.6 is 0 Å². The van der Waals surface area contributed by atoms with Gasteiger partial charge in [-0.2, -0.15) is 10.2 Å². The molecule has 23 heavy (non-hydrogen) atoms. The molecule has 0 bridgehead atoms. The van der Waals surface area contributed by atoms with Gasteiger partial charge in [0.1, 0.15) is 5.82 Å². The van der Waals surface area contributed by atoms with Crippen molar-refractivity contribution in [3.63, 3.8) is 0 Å². The average molecular weight is 310 g/mol. The van der Waals surface area contributed by atoms with E-state index in [0.717, 1.165) is 30.9 Å². The summed E-state index contributed by atoms with van der Waals surface area (Å²) in [4.78, 5) is 11.0. The topological polar surface area (TPSA) is 76.9 Å². The summed E-state index contributed by atoms with van der Waals surface area (Å²) in [6, 6.07) is 11.3. The van der Waals surface area contributed by atoms with Crippen molar-refractivity contribution in [1.29, 1.82) is 5.26 Å². The maximum Gasteiger partial charge on any atom is 0.224 e. The monoisotopic (exact) mass is 310 g/mol. The first kappa shape index (κ1) is 16.7. The van der Waals surface area contributed by atoms with Crippen molar-refractivity contribution >= 4 is 17.5 Å². The zero-order valence-electron chi connectivity index (χ0n) is 13.8. The van der Waals surface area contributed by atoms with E-state index < -0.39 is 0 Å². The first-order valence-electron chi connectivity index (χ1n) is 7.58. The number of rotatable bonds is 7. The lowest BCUT2D eigenvalue weighted by Gasteiger charge is -2.12. The summed E-state index contributed by atoms with van der Waals surface area (Å²) in [6.07, 6.45) is 1.03. The van der Waals surface area contributed by atoms with Crippen LogP contribution in [0.25, 0.3) is 0 Å².